The summed E-state index contributed by atoms with van der Waals surface area (Å²) in [5, 5.41) is 18.0. The van der Waals surface area contributed by atoms with Crippen LogP contribution in [0.1, 0.15) is 55.2 Å². The molecule has 46 heavy (non-hydrogen) atoms. The largest absolute Gasteiger partial charge is 0.435 e. The average molecular weight is 641 g/mol. The Labute approximate surface area is 265 Å². The first-order valence-corrected chi connectivity index (χ1v) is 14.8. The Balaban J connectivity index is 0.000000496. The van der Waals surface area contributed by atoms with Crippen LogP contribution in [0.2, 0.25) is 0 Å². The number of rotatable bonds is 7. The van der Waals surface area contributed by atoms with E-state index in [0.717, 1.165) is 10.9 Å². The Hall–Kier alpha value is -4.81. The summed E-state index contributed by atoms with van der Waals surface area (Å²) in [6.45, 7) is 9.32. The topological polar surface area (TPSA) is 159 Å². The van der Waals surface area contributed by atoms with Gasteiger partial charge in [-0.3, -0.25) is 13.9 Å². The molecule has 1 saturated heterocycles. The molecule has 1 amide bonds. The van der Waals surface area contributed by atoms with Gasteiger partial charge in [-0.05, 0) is 70.6 Å². The van der Waals surface area contributed by atoms with Gasteiger partial charge in [-0.25, -0.2) is 9.97 Å². The van der Waals surface area contributed by atoms with E-state index in [2.05, 4.69) is 37.6 Å². The summed E-state index contributed by atoms with van der Waals surface area (Å²) in [5.41, 5.74) is 6.29. The number of nitrogens with zero attached hydrogens (tertiary/aromatic N) is 7. The minimum absolute atomic E-state index is 0.125. The molecule has 1 aliphatic heterocycles. The van der Waals surface area contributed by atoms with E-state index in [1.807, 2.05) is 13.8 Å². The van der Waals surface area contributed by atoms with Gasteiger partial charge in [-0.2, -0.15) is 23.5 Å². The number of nitriles is 1. The number of carbonyl (C=O) groups excluding carboxylic acids is 2. The maximum atomic E-state index is 13.6. The number of hydrogen-bond acceptors (Lipinski definition) is 9. The number of fused-ring (bicyclic) bond motifs is 1. The van der Waals surface area contributed by atoms with Gasteiger partial charge in [-0.1, -0.05) is 13.8 Å². The monoisotopic (exact) mass is 640 g/mol. The minimum atomic E-state index is -4.73. The van der Waals surface area contributed by atoms with Crippen molar-refractivity contribution < 1.29 is 22.8 Å². The molecule has 3 aromatic heterocycles. The number of hydrogen-bond donors (Lipinski definition) is 3. The lowest BCUT2D eigenvalue weighted by atomic mass is 10.1. The second kappa shape index (κ2) is 16.0. The number of halogens is 3. The van der Waals surface area contributed by atoms with Crippen molar-refractivity contribution >= 4 is 29.3 Å². The molecule has 0 aliphatic carbocycles. The summed E-state index contributed by atoms with van der Waals surface area (Å²) in [6, 6.07) is 6.54. The van der Waals surface area contributed by atoms with Gasteiger partial charge >= 0.3 is 6.18 Å². The number of nitrogens with one attached hydrogen (secondary N) is 2. The first kappa shape index (κ1) is 35.7. The first-order chi connectivity index (χ1) is 21.9. The van der Waals surface area contributed by atoms with Gasteiger partial charge in [0.2, 0.25) is 0 Å². The molecular formula is C31H39F3N10O2. The summed E-state index contributed by atoms with van der Waals surface area (Å²) in [5.74, 6) is -0.123. The lowest BCUT2D eigenvalue weighted by molar-refractivity contribution is -0.141. The van der Waals surface area contributed by atoms with Crippen molar-refractivity contribution in [3.63, 3.8) is 0 Å². The van der Waals surface area contributed by atoms with Crippen LogP contribution in [-0.4, -0.2) is 73.5 Å². The third kappa shape index (κ3) is 8.89. The highest BCUT2D eigenvalue weighted by atomic mass is 19.4. The van der Waals surface area contributed by atoms with E-state index in [0.29, 0.717) is 29.1 Å². The fourth-order valence-corrected chi connectivity index (χ4v) is 4.66. The van der Waals surface area contributed by atoms with Gasteiger partial charge in [0.1, 0.15) is 12.8 Å². The Bertz CT molecular complexity index is 1660. The number of aryl methyl sites for hydroxylation is 1. The number of benzene rings is 1. The van der Waals surface area contributed by atoms with Crippen LogP contribution in [0.5, 0.6) is 0 Å². The lowest BCUT2D eigenvalue weighted by Gasteiger charge is -2.25. The van der Waals surface area contributed by atoms with E-state index < -0.39 is 23.8 Å². The summed E-state index contributed by atoms with van der Waals surface area (Å²) < 4.78 is 43.2. The smallest absolute Gasteiger partial charge is 0.343 e. The normalized spacial score (nSPS) is 14.3. The van der Waals surface area contributed by atoms with Gasteiger partial charge in [-0.15, -0.1) is 0 Å². The fraction of sp³-hybridized carbons (Fsp3) is 0.419. The molecule has 1 aromatic carbocycles. The van der Waals surface area contributed by atoms with Gasteiger partial charge < -0.3 is 26.1 Å². The van der Waals surface area contributed by atoms with E-state index in [4.69, 9.17) is 11.0 Å². The van der Waals surface area contributed by atoms with Crippen molar-refractivity contribution in [2.75, 3.05) is 25.5 Å². The van der Waals surface area contributed by atoms with E-state index >= 15 is 0 Å². The molecule has 4 N–H and O–H groups in total. The number of alkyl halides is 3. The van der Waals surface area contributed by atoms with Gasteiger partial charge in [0.15, 0.2) is 17.2 Å². The van der Waals surface area contributed by atoms with Crippen LogP contribution in [0.3, 0.4) is 0 Å². The fourth-order valence-electron chi connectivity index (χ4n) is 4.66. The zero-order valence-corrected chi connectivity index (χ0v) is 26.5. The minimum Gasteiger partial charge on any atom is -0.343 e. The summed E-state index contributed by atoms with van der Waals surface area (Å²) >= 11 is 0. The standard InChI is InChI=1S/C23H19F3N8O2.C6H14N2.C2H6/c1-13-9-15(3-4-16(13)22(36)30-14(2)12-35)31-20-21-29-10-18(34(21)8-6-28-20)17-11-33(7-5-27)32-19(17)23(24,25)26;1-8-4-2-6(7)3-5-8;1-2/h3-4,6,8-12,14H,7H2,1-2H3,(H,28,31)(H,30,36);6H,2-5,7H2,1H3;1-2H3. The third-order valence-corrected chi connectivity index (χ3v) is 7.03. The first-order valence-electron chi connectivity index (χ1n) is 14.8. The van der Waals surface area contributed by atoms with Crippen LogP contribution in [0, 0.1) is 18.3 Å². The Morgan fingerprint density at radius 3 is 2.52 bits per heavy atom. The van der Waals surface area contributed by atoms with E-state index in [9.17, 15) is 22.8 Å². The predicted octanol–water partition coefficient (Wildman–Crippen LogP) is 4.57. The van der Waals surface area contributed by atoms with Gasteiger partial charge in [0.05, 0.1) is 29.6 Å². The number of likely N-dealkylation sites (tertiary alicyclic amines) is 1. The number of anilines is 2. The van der Waals surface area contributed by atoms with E-state index in [-0.39, 0.29) is 29.3 Å². The molecule has 4 aromatic rings. The van der Waals surface area contributed by atoms with Crippen LogP contribution in [0.25, 0.3) is 16.9 Å². The number of piperidine rings is 1. The van der Waals surface area contributed by atoms with Crippen LogP contribution in [0.4, 0.5) is 24.7 Å². The molecule has 1 fully saturated rings. The lowest BCUT2D eigenvalue weighted by Crippen LogP contribution is -2.37. The number of aldehydes is 1. The highest BCUT2D eigenvalue weighted by Gasteiger charge is 2.38. The highest BCUT2D eigenvalue weighted by Crippen LogP contribution is 2.37. The molecule has 0 spiro atoms. The zero-order chi connectivity index (χ0) is 34.0. The Morgan fingerprint density at radius 2 is 1.93 bits per heavy atom. The molecule has 5 rings (SSSR count). The van der Waals surface area contributed by atoms with Gasteiger partial charge in [0.25, 0.3) is 5.91 Å². The van der Waals surface area contributed by atoms with Crippen molar-refractivity contribution in [3.8, 4) is 17.3 Å². The summed E-state index contributed by atoms with van der Waals surface area (Å²) in [7, 11) is 2.14. The number of amides is 1. The third-order valence-electron chi connectivity index (χ3n) is 7.03. The van der Waals surface area contributed by atoms with E-state index in [1.54, 1.807) is 38.1 Å². The number of nitrogens with two attached hydrogens (primary N) is 1. The second-order valence-corrected chi connectivity index (χ2v) is 10.6. The zero-order valence-electron chi connectivity index (χ0n) is 26.5. The molecule has 15 heteroatoms. The van der Waals surface area contributed by atoms with Crippen molar-refractivity contribution in [2.45, 2.75) is 65.3 Å². The van der Waals surface area contributed by atoms with E-state index in [1.165, 1.54) is 48.9 Å². The van der Waals surface area contributed by atoms with Crippen LogP contribution in [-0.2, 0) is 17.5 Å². The SMILES string of the molecule is CC.CN1CCC(N)CC1.Cc1cc(Nc2nccn3c(-c4cn(CC#N)nc4C(F)(F)F)cnc23)ccc1C(=O)NC(C)C=O. The Morgan fingerprint density at radius 1 is 1.24 bits per heavy atom. The van der Waals surface area contributed by atoms with Crippen molar-refractivity contribution in [1.82, 2.24) is 34.4 Å². The number of imidazole rings is 1. The molecule has 246 valence electrons. The molecule has 1 aliphatic rings. The molecular weight excluding hydrogens is 601 g/mol. The maximum Gasteiger partial charge on any atom is 0.435 e. The van der Waals surface area contributed by atoms with Crippen molar-refractivity contribution in [3.05, 3.63) is 59.8 Å². The highest BCUT2D eigenvalue weighted by molar-refractivity contribution is 5.97. The quantitative estimate of drug-likeness (QED) is 0.246. The molecule has 1 unspecified atom stereocenters. The summed E-state index contributed by atoms with van der Waals surface area (Å²) in [4.78, 5) is 34.0. The molecule has 12 nitrogen and oxygen atoms in total. The van der Waals surface area contributed by atoms with Crippen LogP contribution in [0.15, 0.2) is 43.0 Å². The average Bonchev–Trinajstić information content (AvgIpc) is 3.65. The summed E-state index contributed by atoms with van der Waals surface area (Å²) in [6.07, 6.45) is 3.55. The molecule has 4 heterocycles. The molecule has 0 bridgehead atoms. The molecule has 0 radical (unpaired) electrons. The molecule has 1 atom stereocenters. The number of carbonyl (C=O) groups is 2. The van der Waals surface area contributed by atoms with Gasteiger partial charge in [0, 0.05) is 35.9 Å². The van der Waals surface area contributed by atoms with Crippen LogP contribution < -0.4 is 16.4 Å². The number of aromatic nitrogens is 5. The van der Waals surface area contributed by atoms with Crippen LogP contribution >= 0.6 is 0 Å². The molecule has 0 saturated carbocycles. The maximum absolute atomic E-state index is 13.6. The van der Waals surface area contributed by atoms with Crippen molar-refractivity contribution in [2.24, 2.45) is 5.73 Å². The Kier molecular flexibility index (Phi) is 12.4. The second-order valence-electron chi connectivity index (χ2n) is 10.6. The predicted molar refractivity (Wildman–Crippen MR) is 168 cm³/mol. The van der Waals surface area contributed by atoms with Crippen molar-refractivity contribution in [1.29, 1.82) is 5.26 Å².